The number of aromatic nitrogens is 2. The standard InChI is InChI=1S/C19H14N2O4/c22-17-15(10-12-4-2-1-3-5-12)20-18(23)16(21-17)11-13-6-8-14(9-7-13)19(24)25/h1-11H,(H,20,23)(H,21,22)(H,24,25)/b15-10-,16-11+. The van der Waals surface area contributed by atoms with Gasteiger partial charge in [0.25, 0.3) is 11.1 Å². The number of carbonyl (C=O) groups is 1. The van der Waals surface area contributed by atoms with E-state index in [1.165, 1.54) is 18.2 Å². The molecule has 0 aliphatic carbocycles. The molecule has 0 saturated carbocycles. The summed E-state index contributed by atoms with van der Waals surface area (Å²) < 4.78 is 0. The average molecular weight is 334 g/mol. The van der Waals surface area contributed by atoms with Gasteiger partial charge in [-0.2, -0.15) is 0 Å². The molecule has 6 nitrogen and oxygen atoms in total. The SMILES string of the molecule is O=C(O)c1ccc(/C=c2/[nH]c(=O)/c(=C/c3ccccc3)[nH]c2=O)cc1. The first kappa shape index (κ1) is 16.2. The van der Waals surface area contributed by atoms with Crippen molar-refractivity contribution in [1.29, 1.82) is 0 Å². The first-order chi connectivity index (χ1) is 12.0. The molecule has 0 unspecified atom stereocenters. The lowest BCUT2D eigenvalue weighted by Crippen LogP contribution is -2.46. The van der Waals surface area contributed by atoms with Crippen LogP contribution in [0.5, 0.6) is 0 Å². The minimum atomic E-state index is -1.03. The molecule has 1 aromatic heterocycles. The molecule has 3 rings (SSSR count). The predicted molar refractivity (Wildman–Crippen MR) is 93.9 cm³/mol. The van der Waals surface area contributed by atoms with E-state index in [9.17, 15) is 14.4 Å². The Kier molecular flexibility index (Phi) is 4.43. The Bertz CT molecular complexity index is 1140. The van der Waals surface area contributed by atoms with E-state index >= 15 is 0 Å². The number of rotatable bonds is 3. The van der Waals surface area contributed by atoms with Crippen LogP contribution in [0.2, 0.25) is 0 Å². The third-order valence-corrected chi connectivity index (χ3v) is 3.56. The van der Waals surface area contributed by atoms with Crippen LogP contribution in [0.4, 0.5) is 0 Å². The Labute approximate surface area is 141 Å². The van der Waals surface area contributed by atoms with Crippen molar-refractivity contribution in [3.05, 3.63) is 103 Å². The van der Waals surface area contributed by atoms with Gasteiger partial charge in [-0.1, -0.05) is 42.5 Å². The van der Waals surface area contributed by atoms with Gasteiger partial charge in [-0.05, 0) is 35.4 Å². The first-order valence-corrected chi connectivity index (χ1v) is 7.47. The van der Waals surface area contributed by atoms with Crippen molar-refractivity contribution in [2.75, 3.05) is 0 Å². The number of carboxylic acids is 1. The highest BCUT2D eigenvalue weighted by Gasteiger charge is 2.01. The largest absolute Gasteiger partial charge is 0.478 e. The molecule has 124 valence electrons. The van der Waals surface area contributed by atoms with Crippen LogP contribution in [-0.4, -0.2) is 21.0 Å². The van der Waals surface area contributed by atoms with Crippen molar-refractivity contribution in [3.8, 4) is 0 Å². The maximum atomic E-state index is 12.2. The Balaban J connectivity index is 2.06. The molecule has 3 aromatic rings. The summed E-state index contributed by atoms with van der Waals surface area (Å²) in [6.45, 7) is 0. The molecule has 0 atom stereocenters. The third kappa shape index (κ3) is 3.81. The zero-order valence-electron chi connectivity index (χ0n) is 13.0. The van der Waals surface area contributed by atoms with Gasteiger partial charge in [0.05, 0.1) is 5.56 Å². The van der Waals surface area contributed by atoms with Gasteiger partial charge in [0.1, 0.15) is 10.7 Å². The predicted octanol–water partition coefficient (Wildman–Crippen LogP) is 0.419. The van der Waals surface area contributed by atoms with Crippen molar-refractivity contribution in [2.45, 2.75) is 0 Å². The van der Waals surface area contributed by atoms with Gasteiger partial charge in [0.15, 0.2) is 0 Å². The van der Waals surface area contributed by atoms with Crippen molar-refractivity contribution in [2.24, 2.45) is 0 Å². The molecule has 0 aliphatic rings. The van der Waals surface area contributed by atoms with Gasteiger partial charge in [0, 0.05) is 0 Å². The van der Waals surface area contributed by atoms with Crippen LogP contribution in [-0.2, 0) is 0 Å². The molecular formula is C19H14N2O4. The van der Waals surface area contributed by atoms with E-state index in [1.54, 1.807) is 18.2 Å². The molecule has 0 radical (unpaired) electrons. The number of nitrogens with one attached hydrogen (secondary N) is 2. The van der Waals surface area contributed by atoms with E-state index in [1.807, 2.05) is 30.3 Å². The molecular weight excluding hydrogens is 320 g/mol. The molecule has 6 heteroatoms. The summed E-state index contributed by atoms with van der Waals surface area (Å²) in [5.74, 6) is -1.03. The normalized spacial score (nSPS) is 12.3. The summed E-state index contributed by atoms with van der Waals surface area (Å²) in [6.07, 6.45) is 3.07. The fourth-order valence-electron chi connectivity index (χ4n) is 2.30. The van der Waals surface area contributed by atoms with Gasteiger partial charge in [-0.3, -0.25) is 9.59 Å². The summed E-state index contributed by atoms with van der Waals surface area (Å²) in [6, 6.07) is 15.1. The number of benzene rings is 2. The fourth-order valence-corrected chi connectivity index (χ4v) is 2.30. The highest BCUT2D eigenvalue weighted by molar-refractivity contribution is 5.87. The van der Waals surface area contributed by atoms with Crippen molar-refractivity contribution < 1.29 is 9.90 Å². The van der Waals surface area contributed by atoms with Crippen LogP contribution in [0.1, 0.15) is 21.5 Å². The maximum Gasteiger partial charge on any atom is 0.335 e. The maximum absolute atomic E-state index is 12.2. The lowest BCUT2D eigenvalue weighted by molar-refractivity contribution is 0.0697. The molecule has 0 fully saturated rings. The highest BCUT2D eigenvalue weighted by Crippen LogP contribution is 2.04. The van der Waals surface area contributed by atoms with Crippen LogP contribution < -0.4 is 21.8 Å². The summed E-state index contributed by atoms with van der Waals surface area (Å²) in [4.78, 5) is 40.3. The van der Waals surface area contributed by atoms with E-state index in [2.05, 4.69) is 9.97 Å². The first-order valence-electron chi connectivity index (χ1n) is 7.47. The smallest absolute Gasteiger partial charge is 0.335 e. The lowest BCUT2D eigenvalue weighted by Gasteiger charge is -1.96. The highest BCUT2D eigenvalue weighted by atomic mass is 16.4. The number of aromatic amines is 2. The summed E-state index contributed by atoms with van der Waals surface area (Å²) in [5.41, 5.74) is 0.684. The number of carboxylic acid groups (broad SMARTS) is 1. The molecule has 0 bridgehead atoms. The van der Waals surface area contributed by atoms with Gasteiger partial charge in [-0.15, -0.1) is 0 Å². The summed E-state index contributed by atoms with van der Waals surface area (Å²) >= 11 is 0. The van der Waals surface area contributed by atoms with E-state index in [-0.39, 0.29) is 16.3 Å². The molecule has 25 heavy (non-hydrogen) atoms. The second-order valence-electron chi connectivity index (χ2n) is 5.36. The zero-order valence-corrected chi connectivity index (χ0v) is 13.0. The third-order valence-electron chi connectivity index (χ3n) is 3.56. The van der Waals surface area contributed by atoms with Gasteiger partial charge < -0.3 is 15.1 Å². The van der Waals surface area contributed by atoms with Gasteiger partial charge >= 0.3 is 5.97 Å². The van der Waals surface area contributed by atoms with Crippen LogP contribution in [0.15, 0.2) is 64.2 Å². The van der Waals surface area contributed by atoms with E-state index in [4.69, 9.17) is 5.11 Å². The van der Waals surface area contributed by atoms with Gasteiger partial charge in [-0.25, -0.2) is 4.79 Å². The van der Waals surface area contributed by atoms with Crippen molar-refractivity contribution >= 4 is 18.1 Å². The Morgan fingerprint density at radius 2 is 1.24 bits per heavy atom. The fraction of sp³-hybridized carbons (Fsp3) is 0. The van der Waals surface area contributed by atoms with Gasteiger partial charge in [0.2, 0.25) is 0 Å². The van der Waals surface area contributed by atoms with Crippen molar-refractivity contribution in [1.82, 2.24) is 9.97 Å². The Morgan fingerprint density at radius 3 is 1.72 bits per heavy atom. The molecule has 0 aliphatic heterocycles. The number of H-pyrrole nitrogens is 2. The summed E-state index contributed by atoms with van der Waals surface area (Å²) in [7, 11) is 0. The Hall–Kier alpha value is -3.67. The second-order valence-corrected chi connectivity index (χ2v) is 5.36. The molecule has 0 spiro atoms. The topological polar surface area (TPSA) is 103 Å². The zero-order chi connectivity index (χ0) is 17.8. The lowest BCUT2D eigenvalue weighted by atomic mass is 10.1. The minimum absolute atomic E-state index is 0.0956. The number of aromatic carboxylic acids is 1. The number of hydrogen-bond acceptors (Lipinski definition) is 3. The average Bonchev–Trinajstić information content (AvgIpc) is 2.60. The minimum Gasteiger partial charge on any atom is -0.478 e. The molecule has 3 N–H and O–H groups in total. The monoisotopic (exact) mass is 334 g/mol. The van der Waals surface area contributed by atoms with E-state index in [0.717, 1.165) is 5.56 Å². The van der Waals surface area contributed by atoms with Crippen LogP contribution in [0.25, 0.3) is 12.2 Å². The summed E-state index contributed by atoms with van der Waals surface area (Å²) in [5, 5.41) is 9.14. The molecule has 2 aromatic carbocycles. The van der Waals surface area contributed by atoms with E-state index < -0.39 is 17.1 Å². The van der Waals surface area contributed by atoms with E-state index in [0.29, 0.717) is 5.56 Å². The van der Waals surface area contributed by atoms with Crippen molar-refractivity contribution in [3.63, 3.8) is 0 Å². The second kappa shape index (κ2) is 6.84. The number of hydrogen-bond donors (Lipinski definition) is 3. The quantitative estimate of drug-likeness (QED) is 0.646. The molecule has 0 amide bonds. The molecule has 1 heterocycles. The van der Waals surface area contributed by atoms with Crippen LogP contribution in [0, 0.1) is 0 Å². The van der Waals surface area contributed by atoms with Crippen LogP contribution >= 0.6 is 0 Å². The molecule has 0 saturated heterocycles. The Morgan fingerprint density at radius 1 is 0.760 bits per heavy atom. The van der Waals surface area contributed by atoms with Crippen LogP contribution in [0.3, 0.4) is 0 Å².